The fraction of sp³-hybridized carbons (Fsp3) is 0.364. The molecule has 2 rings (SSSR count). The van der Waals surface area contributed by atoms with E-state index in [9.17, 15) is 5.11 Å². The van der Waals surface area contributed by atoms with Crippen LogP contribution < -0.4 is 5.73 Å². The molecule has 80 valence electrons. The Morgan fingerprint density at radius 2 is 2.40 bits per heavy atom. The summed E-state index contributed by atoms with van der Waals surface area (Å²) in [5.74, 6) is 0. The lowest BCUT2D eigenvalue weighted by Crippen LogP contribution is -2.06. The normalized spacial score (nSPS) is 13.3. The first-order valence-corrected chi connectivity index (χ1v) is 5.02. The molecule has 0 bridgehead atoms. The van der Waals surface area contributed by atoms with E-state index in [0.717, 1.165) is 16.6 Å². The number of nitrogens with zero attached hydrogens (tertiary/aromatic N) is 2. The van der Waals surface area contributed by atoms with Crippen LogP contribution in [0.1, 0.15) is 18.1 Å². The molecule has 1 atom stereocenters. The van der Waals surface area contributed by atoms with Gasteiger partial charge in [0.25, 0.3) is 0 Å². The number of rotatable bonds is 3. The number of aliphatic hydroxyl groups is 1. The average molecular weight is 205 g/mol. The van der Waals surface area contributed by atoms with Crippen molar-refractivity contribution >= 4 is 11.0 Å². The van der Waals surface area contributed by atoms with Gasteiger partial charge in [0.1, 0.15) is 5.65 Å². The second-order valence-electron chi connectivity index (χ2n) is 3.66. The number of hydrogen-bond donors (Lipinski definition) is 2. The van der Waals surface area contributed by atoms with E-state index in [1.807, 2.05) is 29.9 Å². The Bertz CT molecular complexity index is 464. The Balaban J connectivity index is 2.52. The minimum absolute atomic E-state index is 0.484. The highest BCUT2D eigenvalue weighted by Crippen LogP contribution is 2.25. The third kappa shape index (κ3) is 1.73. The van der Waals surface area contributed by atoms with Gasteiger partial charge in [0, 0.05) is 30.4 Å². The van der Waals surface area contributed by atoms with E-state index in [4.69, 9.17) is 5.73 Å². The lowest BCUT2D eigenvalue weighted by molar-refractivity contribution is 0.171. The number of hydrogen-bond acceptors (Lipinski definition) is 3. The van der Waals surface area contributed by atoms with Crippen LogP contribution in [0, 0.1) is 0 Å². The van der Waals surface area contributed by atoms with E-state index in [1.165, 1.54) is 0 Å². The molecule has 2 aromatic rings. The summed E-state index contributed by atoms with van der Waals surface area (Å²) >= 11 is 0. The molecule has 4 nitrogen and oxygen atoms in total. The number of fused-ring (bicyclic) bond motifs is 1. The van der Waals surface area contributed by atoms with Crippen LogP contribution in [0.25, 0.3) is 11.0 Å². The highest BCUT2D eigenvalue weighted by molar-refractivity contribution is 5.80. The van der Waals surface area contributed by atoms with Crippen molar-refractivity contribution in [1.29, 1.82) is 0 Å². The summed E-state index contributed by atoms with van der Waals surface area (Å²) in [6.07, 6.45) is 3.75. The molecule has 0 fully saturated rings. The second-order valence-corrected chi connectivity index (χ2v) is 3.66. The van der Waals surface area contributed by atoms with Gasteiger partial charge in [-0.05, 0) is 25.1 Å². The zero-order chi connectivity index (χ0) is 10.8. The van der Waals surface area contributed by atoms with Crippen molar-refractivity contribution in [3.8, 4) is 0 Å². The fourth-order valence-electron chi connectivity index (χ4n) is 1.82. The topological polar surface area (TPSA) is 64.1 Å². The van der Waals surface area contributed by atoms with E-state index in [1.54, 1.807) is 6.20 Å². The summed E-state index contributed by atoms with van der Waals surface area (Å²) < 4.78 is 1.92. The van der Waals surface area contributed by atoms with Crippen LogP contribution in [0.15, 0.2) is 24.5 Å². The number of aryl methyl sites for hydroxylation is 1. The molecule has 0 amide bonds. The minimum Gasteiger partial charge on any atom is -0.388 e. The molecule has 0 spiro atoms. The van der Waals surface area contributed by atoms with Gasteiger partial charge in [0.15, 0.2) is 0 Å². The summed E-state index contributed by atoms with van der Waals surface area (Å²) in [6.45, 7) is 0.484. The van der Waals surface area contributed by atoms with Gasteiger partial charge in [-0.2, -0.15) is 0 Å². The molecule has 3 N–H and O–H groups in total. The molecule has 0 saturated heterocycles. The second kappa shape index (κ2) is 4.00. The molecule has 0 aliphatic carbocycles. The van der Waals surface area contributed by atoms with Gasteiger partial charge in [-0.3, -0.25) is 0 Å². The molecule has 2 heterocycles. The summed E-state index contributed by atoms with van der Waals surface area (Å²) in [5.41, 5.74) is 7.24. The fourth-order valence-corrected chi connectivity index (χ4v) is 1.82. The molecule has 4 heteroatoms. The summed E-state index contributed by atoms with van der Waals surface area (Å²) in [5, 5.41) is 10.9. The predicted molar refractivity (Wildman–Crippen MR) is 59.3 cm³/mol. The third-order valence-electron chi connectivity index (χ3n) is 2.56. The minimum atomic E-state index is -0.497. The third-order valence-corrected chi connectivity index (χ3v) is 2.56. The summed E-state index contributed by atoms with van der Waals surface area (Å²) in [7, 11) is 1.92. The van der Waals surface area contributed by atoms with Crippen molar-refractivity contribution in [2.24, 2.45) is 12.8 Å². The highest BCUT2D eigenvalue weighted by Gasteiger charge is 2.13. The molecule has 2 aromatic heterocycles. The van der Waals surface area contributed by atoms with Crippen LogP contribution in [0.4, 0.5) is 0 Å². The molecule has 0 aliphatic heterocycles. The number of nitrogens with two attached hydrogens (primary N) is 1. The first-order chi connectivity index (χ1) is 7.24. The first kappa shape index (κ1) is 10.1. The molecule has 15 heavy (non-hydrogen) atoms. The molecular weight excluding hydrogens is 190 g/mol. The number of aliphatic hydroxyl groups excluding tert-OH is 1. The SMILES string of the molecule is Cn1cc([C@@H](O)CCN)c2cccnc21. The van der Waals surface area contributed by atoms with Crippen molar-refractivity contribution in [3.63, 3.8) is 0 Å². The van der Waals surface area contributed by atoms with Crippen molar-refractivity contribution in [3.05, 3.63) is 30.1 Å². The Kier molecular flexibility index (Phi) is 2.70. The molecule has 0 aromatic carbocycles. The maximum atomic E-state index is 9.91. The van der Waals surface area contributed by atoms with Crippen LogP contribution in [0.5, 0.6) is 0 Å². The van der Waals surface area contributed by atoms with Gasteiger partial charge in [0.2, 0.25) is 0 Å². The lowest BCUT2D eigenvalue weighted by Gasteiger charge is -2.06. The Morgan fingerprint density at radius 1 is 1.60 bits per heavy atom. The largest absolute Gasteiger partial charge is 0.388 e. The standard InChI is InChI=1S/C11H15N3O/c1-14-7-9(10(15)4-5-12)8-3-2-6-13-11(8)14/h2-3,6-7,10,15H,4-5,12H2,1H3/t10-/m0/s1. The monoisotopic (exact) mass is 205 g/mol. The van der Waals surface area contributed by atoms with Gasteiger partial charge < -0.3 is 15.4 Å². The van der Waals surface area contributed by atoms with Gasteiger partial charge in [-0.25, -0.2) is 4.98 Å². The van der Waals surface area contributed by atoms with E-state index in [-0.39, 0.29) is 0 Å². The molecule has 0 aliphatic rings. The molecular formula is C11H15N3O. The molecule has 0 radical (unpaired) electrons. The van der Waals surface area contributed by atoms with E-state index >= 15 is 0 Å². The number of pyridine rings is 1. The van der Waals surface area contributed by atoms with Crippen molar-refractivity contribution in [1.82, 2.24) is 9.55 Å². The quantitative estimate of drug-likeness (QED) is 0.784. The van der Waals surface area contributed by atoms with E-state index in [2.05, 4.69) is 4.98 Å². The summed E-state index contributed by atoms with van der Waals surface area (Å²) in [4.78, 5) is 4.26. The van der Waals surface area contributed by atoms with Crippen LogP contribution in [0.2, 0.25) is 0 Å². The maximum absolute atomic E-state index is 9.91. The smallest absolute Gasteiger partial charge is 0.139 e. The zero-order valence-corrected chi connectivity index (χ0v) is 8.72. The van der Waals surface area contributed by atoms with Crippen molar-refractivity contribution < 1.29 is 5.11 Å². The first-order valence-electron chi connectivity index (χ1n) is 5.02. The Labute approximate surface area is 88.3 Å². The summed E-state index contributed by atoms with van der Waals surface area (Å²) in [6, 6.07) is 3.85. The van der Waals surface area contributed by atoms with Crippen LogP contribution in [-0.4, -0.2) is 21.2 Å². The molecule has 0 unspecified atom stereocenters. The van der Waals surface area contributed by atoms with Crippen LogP contribution >= 0.6 is 0 Å². The van der Waals surface area contributed by atoms with Gasteiger partial charge in [-0.1, -0.05) is 0 Å². The Hall–Kier alpha value is -1.39. The van der Waals surface area contributed by atoms with Gasteiger partial charge in [0.05, 0.1) is 6.10 Å². The van der Waals surface area contributed by atoms with E-state index in [0.29, 0.717) is 13.0 Å². The van der Waals surface area contributed by atoms with Gasteiger partial charge >= 0.3 is 0 Å². The predicted octanol–water partition coefficient (Wildman–Crippen LogP) is 0.956. The lowest BCUT2D eigenvalue weighted by atomic mass is 10.1. The highest BCUT2D eigenvalue weighted by atomic mass is 16.3. The molecule has 0 saturated carbocycles. The van der Waals surface area contributed by atoms with Crippen LogP contribution in [0.3, 0.4) is 0 Å². The van der Waals surface area contributed by atoms with Crippen LogP contribution in [-0.2, 0) is 7.05 Å². The zero-order valence-electron chi connectivity index (χ0n) is 8.72. The van der Waals surface area contributed by atoms with Gasteiger partial charge in [-0.15, -0.1) is 0 Å². The Morgan fingerprint density at radius 3 is 3.13 bits per heavy atom. The van der Waals surface area contributed by atoms with Crippen molar-refractivity contribution in [2.45, 2.75) is 12.5 Å². The van der Waals surface area contributed by atoms with Crippen molar-refractivity contribution in [2.75, 3.05) is 6.54 Å². The maximum Gasteiger partial charge on any atom is 0.139 e. The number of aromatic nitrogens is 2. The average Bonchev–Trinajstić information content (AvgIpc) is 2.58. The van der Waals surface area contributed by atoms with E-state index < -0.39 is 6.10 Å².